The van der Waals surface area contributed by atoms with E-state index < -0.39 is 11.9 Å². The second-order valence-corrected chi connectivity index (χ2v) is 5.82. The van der Waals surface area contributed by atoms with Crippen LogP contribution in [0.15, 0.2) is 53.9 Å². The van der Waals surface area contributed by atoms with E-state index in [9.17, 15) is 4.79 Å². The van der Waals surface area contributed by atoms with Gasteiger partial charge in [-0.15, -0.1) is 0 Å². The summed E-state index contributed by atoms with van der Waals surface area (Å²) >= 11 is 5.98. The number of nitrogens with two attached hydrogens (primary N) is 2. The number of fused-ring (bicyclic) bond motifs is 1. The average molecular weight is 345 g/mol. The first-order chi connectivity index (χ1) is 11.5. The Morgan fingerprint density at radius 3 is 2.58 bits per heavy atom. The van der Waals surface area contributed by atoms with E-state index in [2.05, 4.69) is 0 Å². The fraction of sp³-hybridized carbons (Fsp3) is 0.167. The number of carbonyl (C=O) groups is 1. The van der Waals surface area contributed by atoms with Gasteiger partial charge < -0.3 is 20.9 Å². The molecule has 124 valence electrons. The number of hydrogen-bond acceptors (Lipinski definition) is 5. The molecule has 6 heteroatoms. The third-order valence-electron chi connectivity index (χ3n) is 3.82. The van der Waals surface area contributed by atoms with Gasteiger partial charge in [0.15, 0.2) is 0 Å². The van der Waals surface area contributed by atoms with Crippen molar-refractivity contribution in [3.63, 3.8) is 0 Å². The van der Waals surface area contributed by atoms with Crippen LogP contribution in [0.3, 0.4) is 0 Å². The summed E-state index contributed by atoms with van der Waals surface area (Å²) in [6.45, 7) is 1.99. The first kappa shape index (κ1) is 16.2. The van der Waals surface area contributed by atoms with E-state index >= 15 is 0 Å². The van der Waals surface area contributed by atoms with Crippen LogP contribution in [0.2, 0.25) is 5.02 Å². The molecule has 0 aromatic heterocycles. The van der Waals surface area contributed by atoms with Crippen molar-refractivity contribution in [1.82, 2.24) is 0 Å². The van der Waals surface area contributed by atoms with Crippen LogP contribution in [0.25, 0.3) is 0 Å². The number of hydrogen-bond donors (Lipinski definition) is 2. The summed E-state index contributed by atoms with van der Waals surface area (Å²) in [6, 6.07) is 12.5. The topological polar surface area (TPSA) is 87.6 Å². The molecule has 1 atom stereocenters. The molecule has 1 aliphatic heterocycles. The van der Waals surface area contributed by atoms with Crippen LogP contribution in [0.4, 0.5) is 5.69 Å². The van der Waals surface area contributed by atoms with Gasteiger partial charge in [-0.2, -0.15) is 0 Å². The molecule has 0 fully saturated rings. The zero-order chi connectivity index (χ0) is 17.3. The van der Waals surface area contributed by atoms with Crippen molar-refractivity contribution in [2.24, 2.45) is 5.73 Å². The Hall–Kier alpha value is -2.66. The van der Waals surface area contributed by atoms with Crippen LogP contribution in [0.1, 0.15) is 24.0 Å². The minimum Gasteiger partial charge on any atom is -0.462 e. The highest BCUT2D eigenvalue weighted by Gasteiger charge is 2.35. The zero-order valence-corrected chi connectivity index (χ0v) is 13.8. The van der Waals surface area contributed by atoms with Crippen molar-refractivity contribution in [3.8, 4) is 5.75 Å². The van der Waals surface area contributed by atoms with Gasteiger partial charge in [-0.1, -0.05) is 29.8 Å². The van der Waals surface area contributed by atoms with Gasteiger partial charge in [0, 0.05) is 22.3 Å². The molecule has 0 spiro atoms. The van der Waals surface area contributed by atoms with Crippen LogP contribution in [0.5, 0.6) is 5.75 Å². The summed E-state index contributed by atoms with van der Waals surface area (Å²) in [5.41, 5.74) is 14.3. The molecule has 0 bridgehead atoms. The number of anilines is 1. The lowest BCUT2D eigenvalue weighted by Gasteiger charge is -2.28. The number of esters is 1. The molecule has 0 radical (unpaired) electrons. The lowest BCUT2D eigenvalue weighted by molar-refractivity contribution is -0.139. The Bertz CT molecular complexity index is 816. The summed E-state index contributed by atoms with van der Waals surface area (Å²) in [5.74, 6) is -0.366. The normalized spacial score (nSPS) is 16.3. The van der Waals surface area contributed by atoms with E-state index in [0.29, 0.717) is 16.5 Å². The summed E-state index contributed by atoms with van der Waals surface area (Å²) in [6.07, 6.45) is 0. The number of benzene rings is 2. The highest BCUT2D eigenvalue weighted by atomic mass is 35.5. The Labute approximate surface area is 144 Å². The molecule has 0 saturated heterocycles. The molecule has 4 N–H and O–H groups in total. The third kappa shape index (κ3) is 2.90. The summed E-state index contributed by atoms with van der Waals surface area (Å²) in [5, 5.41) is 0.609. The molecule has 2 aromatic carbocycles. The fourth-order valence-electron chi connectivity index (χ4n) is 2.78. The van der Waals surface area contributed by atoms with Gasteiger partial charge in [-0.25, -0.2) is 4.79 Å². The smallest absolute Gasteiger partial charge is 0.340 e. The largest absolute Gasteiger partial charge is 0.462 e. The molecule has 0 saturated carbocycles. The SMILES string of the molecule is CCOC(=O)C1=C(N)Oc2cc(N)ccc2[C@@H]1c1ccc(Cl)cc1. The molecular weight excluding hydrogens is 328 g/mol. The second kappa shape index (κ2) is 6.45. The number of rotatable bonds is 3. The van der Waals surface area contributed by atoms with Gasteiger partial charge in [0.2, 0.25) is 5.88 Å². The maximum Gasteiger partial charge on any atom is 0.340 e. The predicted octanol–water partition coefficient (Wildman–Crippen LogP) is 3.18. The minimum absolute atomic E-state index is 0.0199. The fourth-order valence-corrected chi connectivity index (χ4v) is 2.90. The Balaban J connectivity index is 2.18. The standard InChI is InChI=1S/C18H17ClN2O3/c1-2-23-18(22)16-15(10-3-5-11(19)6-4-10)13-8-7-12(20)9-14(13)24-17(16)21/h3-9,15H,2,20-21H2,1H3/t15-/m0/s1. The maximum absolute atomic E-state index is 12.4. The van der Waals surface area contributed by atoms with Crippen LogP contribution >= 0.6 is 11.6 Å². The van der Waals surface area contributed by atoms with Gasteiger partial charge >= 0.3 is 5.97 Å². The number of carbonyl (C=O) groups excluding carboxylic acids is 1. The van der Waals surface area contributed by atoms with Crippen molar-refractivity contribution in [2.75, 3.05) is 12.3 Å². The van der Waals surface area contributed by atoms with E-state index in [4.69, 9.17) is 32.5 Å². The molecule has 2 aromatic rings. The van der Waals surface area contributed by atoms with E-state index in [0.717, 1.165) is 11.1 Å². The van der Waals surface area contributed by atoms with Gasteiger partial charge in [0.25, 0.3) is 0 Å². The van der Waals surface area contributed by atoms with E-state index in [1.807, 2.05) is 18.2 Å². The van der Waals surface area contributed by atoms with Gasteiger partial charge in [0.05, 0.1) is 12.5 Å². The van der Waals surface area contributed by atoms with Gasteiger partial charge in [0.1, 0.15) is 11.3 Å². The Kier molecular flexibility index (Phi) is 4.36. The molecule has 24 heavy (non-hydrogen) atoms. The lowest BCUT2D eigenvalue weighted by atomic mass is 9.83. The molecule has 1 aliphatic rings. The van der Waals surface area contributed by atoms with Gasteiger partial charge in [-0.05, 0) is 30.7 Å². The molecule has 3 rings (SSSR count). The van der Waals surface area contributed by atoms with Crippen LogP contribution in [-0.2, 0) is 9.53 Å². The van der Waals surface area contributed by atoms with Crippen LogP contribution < -0.4 is 16.2 Å². The molecular formula is C18H17ClN2O3. The predicted molar refractivity (Wildman–Crippen MR) is 92.6 cm³/mol. The average Bonchev–Trinajstić information content (AvgIpc) is 2.54. The van der Waals surface area contributed by atoms with Crippen molar-refractivity contribution < 1.29 is 14.3 Å². The molecule has 0 aliphatic carbocycles. The monoisotopic (exact) mass is 344 g/mol. The number of ether oxygens (including phenoxy) is 2. The molecule has 0 unspecified atom stereocenters. The summed E-state index contributed by atoms with van der Waals surface area (Å²) < 4.78 is 10.8. The zero-order valence-electron chi connectivity index (χ0n) is 13.1. The van der Waals surface area contributed by atoms with Crippen molar-refractivity contribution in [1.29, 1.82) is 0 Å². The lowest BCUT2D eigenvalue weighted by Crippen LogP contribution is -2.27. The highest BCUT2D eigenvalue weighted by Crippen LogP contribution is 2.43. The summed E-state index contributed by atoms with van der Waals surface area (Å²) in [4.78, 5) is 12.4. The van der Waals surface area contributed by atoms with Crippen LogP contribution in [-0.4, -0.2) is 12.6 Å². The molecule has 5 nitrogen and oxygen atoms in total. The third-order valence-corrected chi connectivity index (χ3v) is 4.07. The van der Waals surface area contributed by atoms with E-state index in [1.54, 1.807) is 31.2 Å². The van der Waals surface area contributed by atoms with E-state index in [1.165, 1.54) is 0 Å². The molecule has 0 amide bonds. The molecule has 1 heterocycles. The maximum atomic E-state index is 12.4. The van der Waals surface area contributed by atoms with Crippen LogP contribution in [0, 0.1) is 0 Å². The summed E-state index contributed by atoms with van der Waals surface area (Å²) in [7, 11) is 0. The Morgan fingerprint density at radius 2 is 1.92 bits per heavy atom. The highest BCUT2D eigenvalue weighted by molar-refractivity contribution is 6.30. The minimum atomic E-state index is -0.502. The Morgan fingerprint density at radius 1 is 1.21 bits per heavy atom. The number of halogens is 1. The first-order valence-corrected chi connectivity index (χ1v) is 7.88. The first-order valence-electron chi connectivity index (χ1n) is 7.50. The van der Waals surface area contributed by atoms with Crippen molar-refractivity contribution in [2.45, 2.75) is 12.8 Å². The number of nitrogen functional groups attached to an aromatic ring is 1. The van der Waals surface area contributed by atoms with Gasteiger partial charge in [-0.3, -0.25) is 0 Å². The van der Waals surface area contributed by atoms with Crippen molar-refractivity contribution >= 4 is 23.3 Å². The van der Waals surface area contributed by atoms with Crippen molar-refractivity contribution in [3.05, 3.63) is 70.1 Å². The second-order valence-electron chi connectivity index (χ2n) is 5.38. The quantitative estimate of drug-likeness (QED) is 0.659. The van der Waals surface area contributed by atoms with E-state index in [-0.39, 0.29) is 18.1 Å².